The predicted octanol–water partition coefficient (Wildman–Crippen LogP) is 1.23. The third-order valence-electron chi connectivity index (χ3n) is 1.42. The molecule has 0 atom stereocenters. The molecule has 0 aliphatic carbocycles. The van der Waals surface area contributed by atoms with Crippen LogP contribution in [0, 0.1) is 0 Å². The van der Waals surface area contributed by atoms with E-state index in [1.54, 1.807) is 24.7 Å². The number of rotatable bonds is 0. The normalized spacial score (nSPS) is 10.4. The Bertz CT molecular complexity index is 315. The SMILES string of the molecule is On1ccc2nccc-2c1. The average Bonchev–Trinajstić information content (AvgIpc) is 2.33. The van der Waals surface area contributed by atoms with E-state index in [1.807, 2.05) is 6.07 Å². The van der Waals surface area contributed by atoms with Gasteiger partial charge in [-0.15, -0.1) is 0 Å². The summed E-state index contributed by atoms with van der Waals surface area (Å²) in [5.41, 5.74) is 1.86. The lowest BCUT2D eigenvalue weighted by molar-refractivity contribution is 0.185. The van der Waals surface area contributed by atoms with Crippen LogP contribution in [0.15, 0.2) is 30.7 Å². The Morgan fingerprint density at radius 1 is 1.40 bits per heavy atom. The third-order valence-corrected chi connectivity index (χ3v) is 1.42. The Hall–Kier alpha value is -1.51. The van der Waals surface area contributed by atoms with Gasteiger partial charge in [-0.05, 0) is 12.1 Å². The van der Waals surface area contributed by atoms with E-state index in [9.17, 15) is 0 Å². The topological polar surface area (TPSA) is 38.0 Å². The molecule has 50 valence electrons. The van der Waals surface area contributed by atoms with Gasteiger partial charge in [0.15, 0.2) is 0 Å². The van der Waals surface area contributed by atoms with Gasteiger partial charge in [0.1, 0.15) is 0 Å². The molecule has 2 aliphatic heterocycles. The van der Waals surface area contributed by atoms with Crippen LogP contribution in [0.1, 0.15) is 0 Å². The van der Waals surface area contributed by atoms with Crippen molar-refractivity contribution in [2.24, 2.45) is 0 Å². The molecule has 0 fully saturated rings. The van der Waals surface area contributed by atoms with Gasteiger partial charge in [0.05, 0.1) is 11.9 Å². The second-order valence-corrected chi connectivity index (χ2v) is 2.11. The number of pyridine rings is 1. The third kappa shape index (κ3) is 0.639. The fourth-order valence-electron chi connectivity index (χ4n) is 0.939. The summed E-state index contributed by atoms with van der Waals surface area (Å²) < 4.78 is 1.02. The van der Waals surface area contributed by atoms with Crippen LogP contribution >= 0.6 is 0 Å². The summed E-state index contributed by atoms with van der Waals surface area (Å²) in [5.74, 6) is 0. The molecular weight excluding hydrogens is 128 g/mol. The standard InChI is InChI=1S/C7H6N2O/c10-9-4-2-7-6(5-9)1-3-8-7/h1-5,10H. The van der Waals surface area contributed by atoms with E-state index in [0.717, 1.165) is 16.0 Å². The van der Waals surface area contributed by atoms with Crippen LogP contribution in [0.25, 0.3) is 11.3 Å². The highest BCUT2D eigenvalue weighted by atomic mass is 16.5. The number of fused-ring (bicyclic) bond motifs is 1. The summed E-state index contributed by atoms with van der Waals surface area (Å²) in [6.07, 6.45) is 4.88. The maximum Gasteiger partial charge on any atom is 0.0734 e. The molecule has 0 aromatic carbocycles. The molecule has 3 heteroatoms. The van der Waals surface area contributed by atoms with Gasteiger partial charge in [0, 0.05) is 18.0 Å². The molecule has 0 radical (unpaired) electrons. The minimum Gasteiger partial charge on any atom is -0.429 e. The Labute approximate surface area is 57.9 Å². The quantitative estimate of drug-likeness (QED) is 0.550. The van der Waals surface area contributed by atoms with Crippen molar-refractivity contribution in [2.75, 3.05) is 0 Å². The molecule has 0 spiro atoms. The Morgan fingerprint density at radius 2 is 2.30 bits per heavy atom. The van der Waals surface area contributed by atoms with Gasteiger partial charge in [0.25, 0.3) is 0 Å². The molecule has 0 saturated carbocycles. The largest absolute Gasteiger partial charge is 0.429 e. The Morgan fingerprint density at radius 3 is 3.20 bits per heavy atom. The summed E-state index contributed by atoms with van der Waals surface area (Å²) in [4.78, 5) is 4.04. The van der Waals surface area contributed by atoms with Crippen LogP contribution < -0.4 is 0 Å². The smallest absolute Gasteiger partial charge is 0.0734 e. The highest BCUT2D eigenvalue weighted by molar-refractivity contribution is 5.59. The van der Waals surface area contributed by atoms with E-state index in [-0.39, 0.29) is 0 Å². The minimum absolute atomic E-state index is 0.908. The van der Waals surface area contributed by atoms with Gasteiger partial charge < -0.3 is 5.21 Å². The van der Waals surface area contributed by atoms with E-state index >= 15 is 0 Å². The minimum atomic E-state index is 0.908. The average molecular weight is 134 g/mol. The number of nitrogens with zero attached hydrogens (tertiary/aromatic N) is 2. The van der Waals surface area contributed by atoms with E-state index in [4.69, 9.17) is 5.21 Å². The fourth-order valence-corrected chi connectivity index (χ4v) is 0.939. The van der Waals surface area contributed by atoms with Crippen molar-refractivity contribution >= 4 is 0 Å². The highest BCUT2D eigenvalue weighted by Gasteiger charge is 2.00. The van der Waals surface area contributed by atoms with Gasteiger partial charge in [-0.2, -0.15) is 0 Å². The summed E-state index contributed by atoms with van der Waals surface area (Å²) in [6, 6.07) is 3.61. The van der Waals surface area contributed by atoms with E-state index < -0.39 is 0 Å². The molecule has 0 unspecified atom stereocenters. The summed E-state index contributed by atoms with van der Waals surface area (Å²) in [5, 5.41) is 8.94. The summed E-state index contributed by atoms with van der Waals surface area (Å²) in [7, 11) is 0. The molecule has 10 heavy (non-hydrogen) atoms. The van der Waals surface area contributed by atoms with Crippen LogP contribution in [0.4, 0.5) is 0 Å². The first-order valence-electron chi connectivity index (χ1n) is 2.98. The number of aromatic nitrogens is 2. The van der Waals surface area contributed by atoms with Crippen molar-refractivity contribution in [3.63, 3.8) is 0 Å². The Kier molecular flexibility index (Phi) is 0.917. The lowest BCUT2D eigenvalue weighted by Crippen LogP contribution is -1.90. The first kappa shape index (κ1) is 5.29. The molecule has 2 rings (SSSR count). The summed E-state index contributed by atoms with van der Waals surface area (Å²) >= 11 is 0. The maximum absolute atomic E-state index is 8.94. The fraction of sp³-hybridized carbons (Fsp3) is 0. The molecule has 0 amide bonds. The Balaban J connectivity index is 2.75. The molecule has 0 saturated heterocycles. The number of hydrogen-bond acceptors (Lipinski definition) is 2. The van der Waals surface area contributed by atoms with Crippen LogP contribution in [0.5, 0.6) is 0 Å². The van der Waals surface area contributed by atoms with E-state index in [0.29, 0.717) is 0 Å². The van der Waals surface area contributed by atoms with Crippen LogP contribution in [0.2, 0.25) is 0 Å². The second-order valence-electron chi connectivity index (χ2n) is 2.11. The van der Waals surface area contributed by atoms with Crippen molar-refractivity contribution in [3.05, 3.63) is 30.7 Å². The molecule has 2 aliphatic rings. The molecule has 1 N–H and O–H groups in total. The van der Waals surface area contributed by atoms with Crippen LogP contribution in [0.3, 0.4) is 0 Å². The van der Waals surface area contributed by atoms with Crippen LogP contribution in [-0.2, 0) is 0 Å². The van der Waals surface area contributed by atoms with Gasteiger partial charge in [-0.1, -0.05) is 0 Å². The van der Waals surface area contributed by atoms with Gasteiger partial charge in [-0.25, -0.2) is 4.73 Å². The second kappa shape index (κ2) is 1.73. The van der Waals surface area contributed by atoms with E-state index in [1.165, 1.54) is 0 Å². The zero-order chi connectivity index (χ0) is 6.97. The first-order chi connectivity index (χ1) is 4.86. The molecule has 0 aromatic heterocycles. The van der Waals surface area contributed by atoms with Crippen molar-refractivity contribution < 1.29 is 5.21 Å². The monoisotopic (exact) mass is 134 g/mol. The van der Waals surface area contributed by atoms with Crippen molar-refractivity contribution in [1.82, 2.24) is 9.71 Å². The molecule has 2 heterocycles. The van der Waals surface area contributed by atoms with Gasteiger partial charge >= 0.3 is 0 Å². The van der Waals surface area contributed by atoms with E-state index in [2.05, 4.69) is 4.98 Å². The highest BCUT2D eigenvalue weighted by Crippen LogP contribution is 2.16. The zero-order valence-corrected chi connectivity index (χ0v) is 5.23. The number of hydrogen-bond donors (Lipinski definition) is 1. The molecule has 3 nitrogen and oxygen atoms in total. The van der Waals surface area contributed by atoms with Crippen molar-refractivity contribution in [2.45, 2.75) is 0 Å². The predicted molar refractivity (Wildman–Crippen MR) is 36.0 cm³/mol. The van der Waals surface area contributed by atoms with Crippen LogP contribution in [-0.4, -0.2) is 14.9 Å². The lowest BCUT2D eigenvalue weighted by Gasteiger charge is -1.98. The lowest BCUT2D eigenvalue weighted by atomic mass is 10.2. The zero-order valence-electron chi connectivity index (χ0n) is 5.23. The molecular formula is C7H6N2O. The maximum atomic E-state index is 8.94. The van der Waals surface area contributed by atoms with Crippen molar-refractivity contribution in [1.29, 1.82) is 0 Å². The van der Waals surface area contributed by atoms with Crippen molar-refractivity contribution in [3.8, 4) is 11.3 Å². The first-order valence-corrected chi connectivity index (χ1v) is 2.98. The van der Waals surface area contributed by atoms with Gasteiger partial charge in [0.2, 0.25) is 0 Å². The molecule has 0 bridgehead atoms. The summed E-state index contributed by atoms with van der Waals surface area (Å²) in [6.45, 7) is 0. The molecule has 0 aromatic rings. The van der Waals surface area contributed by atoms with Gasteiger partial charge in [-0.3, -0.25) is 4.98 Å².